The van der Waals surface area contributed by atoms with Gasteiger partial charge in [-0.3, -0.25) is 4.79 Å². The van der Waals surface area contributed by atoms with Gasteiger partial charge in [-0.05, 0) is 37.9 Å². The van der Waals surface area contributed by atoms with Crippen LogP contribution in [0, 0.1) is 5.92 Å². The average molecular weight is 368 g/mol. The maximum absolute atomic E-state index is 12.9. The highest BCUT2D eigenvalue weighted by Crippen LogP contribution is 2.45. The second kappa shape index (κ2) is 6.65. The number of halogens is 1. The molecule has 0 aromatic heterocycles. The molecule has 2 bridgehead atoms. The van der Waals surface area contributed by atoms with Crippen molar-refractivity contribution in [2.45, 2.75) is 23.8 Å². The fourth-order valence-electron chi connectivity index (χ4n) is 4.00. The Bertz CT molecular complexity index is 662. The molecule has 7 heteroatoms. The van der Waals surface area contributed by atoms with Crippen molar-refractivity contribution in [1.29, 1.82) is 0 Å². The highest BCUT2D eigenvalue weighted by Gasteiger charge is 2.35. The summed E-state index contributed by atoms with van der Waals surface area (Å²) in [4.78, 5) is 16.3. The number of fused-ring (bicyclic) bond motifs is 4. The van der Waals surface area contributed by atoms with Crippen LogP contribution in [0.4, 0.5) is 5.69 Å². The zero-order valence-corrected chi connectivity index (χ0v) is 15.3. The number of thioether (sulfide) groups is 1. The lowest BCUT2D eigenvalue weighted by atomic mass is 9.84. The van der Waals surface area contributed by atoms with E-state index >= 15 is 0 Å². The number of rotatable bonds is 3. The standard InChI is InChI=1S/C17H22ClN3O2S/c1-23-15-11(8-12(18)16-14(15)19-4-7-24-16)17(22)20-13-9-21-5-2-10(13)3-6-21/h8,10,13,19H,2-7,9H2,1H3,(H,20,22). The predicted molar refractivity (Wildman–Crippen MR) is 97.6 cm³/mol. The first-order valence-corrected chi connectivity index (χ1v) is 9.84. The quantitative estimate of drug-likeness (QED) is 0.860. The van der Waals surface area contributed by atoms with Crippen LogP contribution in [-0.2, 0) is 0 Å². The van der Waals surface area contributed by atoms with Crippen molar-refractivity contribution in [3.8, 4) is 5.75 Å². The molecule has 1 unspecified atom stereocenters. The van der Waals surface area contributed by atoms with E-state index in [1.807, 2.05) is 0 Å². The number of nitrogens with zero attached hydrogens (tertiary/aromatic N) is 1. The molecule has 0 radical (unpaired) electrons. The zero-order chi connectivity index (χ0) is 16.7. The zero-order valence-electron chi connectivity index (χ0n) is 13.7. The van der Waals surface area contributed by atoms with Crippen LogP contribution >= 0.6 is 23.4 Å². The molecular weight excluding hydrogens is 346 g/mol. The van der Waals surface area contributed by atoms with Gasteiger partial charge in [0.1, 0.15) is 0 Å². The Morgan fingerprint density at radius 1 is 1.46 bits per heavy atom. The Morgan fingerprint density at radius 2 is 2.25 bits per heavy atom. The lowest BCUT2D eigenvalue weighted by Gasteiger charge is -2.45. The van der Waals surface area contributed by atoms with Crippen molar-refractivity contribution < 1.29 is 9.53 Å². The van der Waals surface area contributed by atoms with E-state index in [1.165, 1.54) is 12.8 Å². The Hall–Kier alpha value is -1.11. The van der Waals surface area contributed by atoms with E-state index in [4.69, 9.17) is 16.3 Å². The number of carbonyl (C=O) groups is 1. The Labute approximate surface area is 151 Å². The third-order valence-electron chi connectivity index (χ3n) is 5.26. The lowest BCUT2D eigenvalue weighted by Crippen LogP contribution is -2.57. The summed E-state index contributed by atoms with van der Waals surface area (Å²) in [5.41, 5.74) is 1.37. The summed E-state index contributed by atoms with van der Waals surface area (Å²) in [7, 11) is 1.61. The van der Waals surface area contributed by atoms with E-state index in [-0.39, 0.29) is 11.9 Å². The molecular formula is C17H22ClN3O2S. The maximum Gasteiger partial charge on any atom is 0.255 e. The fourth-order valence-corrected chi connectivity index (χ4v) is 5.28. The van der Waals surface area contributed by atoms with Crippen molar-refractivity contribution in [2.24, 2.45) is 5.92 Å². The summed E-state index contributed by atoms with van der Waals surface area (Å²) < 4.78 is 5.57. The van der Waals surface area contributed by atoms with Gasteiger partial charge in [0.15, 0.2) is 5.75 Å². The van der Waals surface area contributed by atoms with Crippen LogP contribution in [0.1, 0.15) is 23.2 Å². The molecule has 0 saturated carbocycles. The molecule has 5 nitrogen and oxygen atoms in total. The van der Waals surface area contributed by atoms with Crippen LogP contribution in [0.25, 0.3) is 0 Å². The Balaban J connectivity index is 1.61. The van der Waals surface area contributed by atoms with Crippen molar-refractivity contribution in [1.82, 2.24) is 10.2 Å². The highest BCUT2D eigenvalue weighted by atomic mass is 35.5. The molecule has 3 fully saturated rings. The Morgan fingerprint density at radius 3 is 2.92 bits per heavy atom. The lowest BCUT2D eigenvalue weighted by molar-refractivity contribution is 0.0619. The van der Waals surface area contributed by atoms with Crippen LogP contribution in [0.15, 0.2) is 11.0 Å². The predicted octanol–water partition coefficient (Wildman–Crippen LogP) is 2.69. The number of ether oxygens (including phenoxy) is 1. The summed E-state index contributed by atoms with van der Waals surface area (Å²) in [6, 6.07) is 1.97. The van der Waals surface area contributed by atoms with Crippen molar-refractivity contribution >= 4 is 35.0 Å². The van der Waals surface area contributed by atoms with Gasteiger partial charge in [0.2, 0.25) is 0 Å². The second-order valence-corrected chi connectivity index (χ2v) is 8.15. The van der Waals surface area contributed by atoms with Crippen molar-refractivity contribution in [3.05, 3.63) is 16.7 Å². The SMILES string of the molecule is COc1c(C(=O)NC2CN3CCC2CC3)cc(Cl)c2c1NCCS2. The number of carbonyl (C=O) groups excluding carboxylic acids is 1. The van der Waals surface area contributed by atoms with Crippen LogP contribution in [0.5, 0.6) is 5.75 Å². The molecule has 24 heavy (non-hydrogen) atoms. The first kappa shape index (κ1) is 16.4. The molecule has 130 valence electrons. The van der Waals surface area contributed by atoms with Gasteiger partial charge < -0.3 is 20.3 Å². The van der Waals surface area contributed by atoms with Crippen LogP contribution < -0.4 is 15.4 Å². The molecule has 3 saturated heterocycles. The van der Waals surface area contributed by atoms with Gasteiger partial charge >= 0.3 is 0 Å². The number of methoxy groups -OCH3 is 1. The Kier molecular flexibility index (Phi) is 4.54. The average Bonchev–Trinajstić information content (AvgIpc) is 2.62. The molecule has 1 atom stereocenters. The number of anilines is 1. The van der Waals surface area contributed by atoms with Gasteiger partial charge in [0, 0.05) is 24.9 Å². The van der Waals surface area contributed by atoms with E-state index in [2.05, 4.69) is 15.5 Å². The van der Waals surface area contributed by atoms with Gasteiger partial charge in [-0.1, -0.05) is 11.6 Å². The van der Waals surface area contributed by atoms with E-state index < -0.39 is 0 Å². The smallest absolute Gasteiger partial charge is 0.255 e. The largest absolute Gasteiger partial charge is 0.494 e. The monoisotopic (exact) mass is 367 g/mol. The number of benzene rings is 1. The highest BCUT2D eigenvalue weighted by molar-refractivity contribution is 7.99. The van der Waals surface area contributed by atoms with Crippen LogP contribution in [-0.4, -0.2) is 55.9 Å². The normalized spacial score (nSPS) is 28.0. The van der Waals surface area contributed by atoms with Gasteiger partial charge in [-0.25, -0.2) is 0 Å². The van der Waals surface area contributed by atoms with Gasteiger partial charge in [0.05, 0.1) is 28.3 Å². The van der Waals surface area contributed by atoms with Crippen molar-refractivity contribution in [3.63, 3.8) is 0 Å². The molecule has 1 aromatic rings. The summed E-state index contributed by atoms with van der Waals surface area (Å²) in [6.45, 7) is 4.11. The third kappa shape index (κ3) is 2.85. The molecule has 4 heterocycles. The molecule has 1 aromatic carbocycles. The van der Waals surface area contributed by atoms with Crippen LogP contribution in [0.2, 0.25) is 5.02 Å². The van der Waals surface area contributed by atoms with E-state index in [9.17, 15) is 4.79 Å². The summed E-state index contributed by atoms with van der Waals surface area (Å²) in [6.07, 6.45) is 2.34. The number of hydrogen-bond donors (Lipinski definition) is 2. The molecule has 0 spiro atoms. The van der Waals surface area contributed by atoms with E-state index in [0.717, 1.165) is 42.5 Å². The number of nitrogens with one attached hydrogen (secondary N) is 2. The molecule has 2 N–H and O–H groups in total. The molecule has 5 rings (SSSR count). The first-order valence-electron chi connectivity index (χ1n) is 8.47. The summed E-state index contributed by atoms with van der Waals surface area (Å²) >= 11 is 8.12. The second-order valence-electron chi connectivity index (χ2n) is 6.64. The fraction of sp³-hybridized carbons (Fsp3) is 0.588. The minimum absolute atomic E-state index is 0.0901. The van der Waals surface area contributed by atoms with Crippen LogP contribution in [0.3, 0.4) is 0 Å². The van der Waals surface area contributed by atoms with Gasteiger partial charge in [-0.2, -0.15) is 0 Å². The maximum atomic E-state index is 12.9. The number of piperidine rings is 3. The molecule has 1 amide bonds. The van der Waals surface area contributed by atoms with E-state index in [1.54, 1.807) is 24.9 Å². The summed E-state index contributed by atoms with van der Waals surface area (Å²) in [5.74, 6) is 2.06. The third-order valence-corrected chi connectivity index (χ3v) is 6.79. The topological polar surface area (TPSA) is 53.6 Å². The first-order chi connectivity index (χ1) is 11.7. The minimum Gasteiger partial charge on any atom is -0.494 e. The van der Waals surface area contributed by atoms with E-state index in [0.29, 0.717) is 22.3 Å². The molecule has 4 aliphatic heterocycles. The molecule has 0 aliphatic carbocycles. The van der Waals surface area contributed by atoms with Gasteiger partial charge in [0.25, 0.3) is 5.91 Å². The van der Waals surface area contributed by atoms with Crippen molar-refractivity contribution in [2.75, 3.05) is 44.4 Å². The minimum atomic E-state index is -0.0901. The molecule has 4 aliphatic rings. The summed E-state index contributed by atoms with van der Waals surface area (Å²) in [5, 5.41) is 7.16. The van der Waals surface area contributed by atoms with Gasteiger partial charge in [-0.15, -0.1) is 11.8 Å². The number of amides is 1. The number of hydrogen-bond acceptors (Lipinski definition) is 5.